The van der Waals surface area contributed by atoms with Crippen molar-refractivity contribution in [3.63, 3.8) is 0 Å². The Morgan fingerprint density at radius 3 is 0.919 bits per heavy atom. The van der Waals surface area contributed by atoms with Crippen molar-refractivity contribution < 1.29 is 42.1 Å². The molecular formula is C76H114NO8P. The first kappa shape index (κ1) is 80.1. The van der Waals surface area contributed by atoms with E-state index in [1.165, 1.54) is 0 Å². The fraction of sp³-hybridized carbons (Fsp3) is 0.474. The predicted molar refractivity (Wildman–Crippen MR) is 368 cm³/mol. The maximum Gasteiger partial charge on any atom is 0.306 e. The number of carbonyl (C=O) groups excluding carboxylic acids is 2. The maximum absolute atomic E-state index is 12.8. The fourth-order valence-corrected chi connectivity index (χ4v) is 8.06. The lowest BCUT2D eigenvalue weighted by molar-refractivity contribution is -0.870. The van der Waals surface area contributed by atoms with E-state index in [-0.39, 0.29) is 26.1 Å². The van der Waals surface area contributed by atoms with E-state index < -0.39 is 32.5 Å². The predicted octanol–water partition coefficient (Wildman–Crippen LogP) is 20.4. The Labute approximate surface area is 524 Å². The van der Waals surface area contributed by atoms with E-state index in [4.69, 9.17) is 18.5 Å². The van der Waals surface area contributed by atoms with Gasteiger partial charge in [0.15, 0.2) is 6.10 Å². The van der Waals surface area contributed by atoms with E-state index in [1.807, 2.05) is 27.2 Å². The quantitative estimate of drug-likeness (QED) is 0.0195. The van der Waals surface area contributed by atoms with Crippen LogP contribution in [-0.2, 0) is 32.7 Å². The van der Waals surface area contributed by atoms with Crippen molar-refractivity contribution in [3.8, 4) is 0 Å². The zero-order valence-electron chi connectivity index (χ0n) is 53.9. The van der Waals surface area contributed by atoms with Crippen molar-refractivity contribution in [1.82, 2.24) is 0 Å². The number of hydrogen-bond donors (Lipinski definition) is 0. The van der Waals surface area contributed by atoms with Crippen LogP contribution in [-0.4, -0.2) is 70.0 Å². The molecule has 0 amide bonds. The number of ether oxygens (including phenoxy) is 2. The van der Waals surface area contributed by atoms with Crippen molar-refractivity contribution in [3.05, 3.63) is 231 Å². The van der Waals surface area contributed by atoms with Gasteiger partial charge in [0.25, 0.3) is 7.82 Å². The first-order valence-electron chi connectivity index (χ1n) is 32.1. The van der Waals surface area contributed by atoms with Crippen LogP contribution >= 0.6 is 7.82 Å². The second-order valence-electron chi connectivity index (χ2n) is 21.3. The van der Waals surface area contributed by atoms with Crippen LogP contribution in [0.3, 0.4) is 0 Å². The topological polar surface area (TPSA) is 111 Å². The smallest absolute Gasteiger partial charge is 0.306 e. The van der Waals surface area contributed by atoms with Crippen LogP contribution in [0.1, 0.15) is 181 Å². The van der Waals surface area contributed by atoms with Gasteiger partial charge in [0.1, 0.15) is 19.8 Å². The molecule has 0 aromatic rings. The van der Waals surface area contributed by atoms with E-state index in [0.717, 1.165) is 135 Å². The van der Waals surface area contributed by atoms with Gasteiger partial charge in [0.05, 0.1) is 27.7 Å². The van der Waals surface area contributed by atoms with Crippen LogP contribution in [0.25, 0.3) is 0 Å². The van der Waals surface area contributed by atoms with Gasteiger partial charge in [-0.15, -0.1) is 0 Å². The number of quaternary nitrogens is 1. The molecule has 0 aliphatic rings. The molecule has 0 aromatic carbocycles. The van der Waals surface area contributed by atoms with Gasteiger partial charge >= 0.3 is 11.9 Å². The standard InChI is InChI=1S/C76H114NO8P/c1-6-8-10-12-14-16-18-20-22-24-26-28-30-32-34-36-37-38-39-41-43-45-47-49-51-53-55-57-59-61-63-65-67-69-76(79)85-74(73-84-86(80,81)83-71-70-77(3,4)5)72-82-75(78)68-66-64-62-60-58-56-54-52-50-48-46-44-42-40-35-33-31-29-27-25-23-21-19-17-15-13-11-9-7-2/h8-11,14-17,20-23,26-29,32-35,37-38,41-44,47-50,53-56,59-62,74H,6-7,12-13,18-19,24-25,30-31,36,39-40,45-46,51-52,57-58,63-73H2,1-5H3/b10-8-,11-9-,16-14-,17-15-,22-20-,23-21-,28-26-,29-27-,34-32-,35-33-,38-37-,43-41-,44-42-,49-47-,50-48-,55-53-,56-54-,61-59-,62-60-. The molecule has 86 heavy (non-hydrogen) atoms. The van der Waals surface area contributed by atoms with Crippen molar-refractivity contribution in [2.24, 2.45) is 0 Å². The molecule has 9 nitrogen and oxygen atoms in total. The number of phosphoric acid groups is 1. The zero-order valence-corrected chi connectivity index (χ0v) is 54.8. The van der Waals surface area contributed by atoms with E-state index in [0.29, 0.717) is 30.3 Å². The normalized spacial score (nSPS) is 14.7. The monoisotopic (exact) mass is 1200 g/mol. The highest BCUT2D eigenvalue weighted by molar-refractivity contribution is 7.45. The number of esters is 2. The van der Waals surface area contributed by atoms with Gasteiger partial charge in [-0.05, 0) is 154 Å². The highest BCUT2D eigenvalue weighted by atomic mass is 31.2. The maximum atomic E-state index is 12.8. The third-order valence-electron chi connectivity index (χ3n) is 12.2. The van der Waals surface area contributed by atoms with E-state index in [9.17, 15) is 19.0 Å². The van der Waals surface area contributed by atoms with Crippen molar-refractivity contribution >= 4 is 19.8 Å². The molecule has 0 aliphatic heterocycles. The zero-order chi connectivity index (χ0) is 62.6. The third kappa shape index (κ3) is 67.2. The van der Waals surface area contributed by atoms with Crippen molar-refractivity contribution in [2.75, 3.05) is 47.5 Å². The van der Waals surface area contributed by atoms with Crippen molar-refractivity contribution in [2.45, 2.75) is 187 Å². The SMILES string of the molecule is CC/C=C\C/C=C\C/C=C\C/C=C\C/C=C\C/C=C\C/C=C\C/C=C\C/C=C\C/C=C\CCCCC(=O)OC(COC(=O)CCC/C=C\C/C=C\C/C=C\C/C=C\C/C=C\C/C=C\C/C=C\C/C=C\C/C=C\CC)COP(=O)([O-])OCC[N+](C)(C)C. The summed E-state index contributed by atoms with van der Waals surface area (Å²) in [6.45, 7) is 3.84. The van der Waals surface area contributed by atoms with Crippen molar-refractivity contribution in [1.29, 1.82) is 0 Å². The van der Waals surface area contributed by atoms with Gasteiger partial charge in [0, 0.05) is 12.8 Å². The molecule has 0 rings (SSSR count). The molecule has 476 valence electrons. The molecule has 0 spiro atoms. The summed E-state index contributed by atoms with van der Waals surface area (Å²) in [6.07, 6.45) is 104. The second-order valence-corrected chi connectivity index (χ2v) is 22.7. The number of phosphoric ester groups is 1. The van der Waals surface area contributed by atoms with E-state index in [2.05, 4.69) is 239 Å². The molecule has 0 bridgehead atoms. The summed E-state index contributed by atoms with van der Waals surface area (Å²) in [5.41, 5.74) is 0. The molecular weight excluding hydrogens is 1090 g/mol. The van der Waals surface area contributed by atoms with E-state index in [1.54, 1.807) is 0 Å². The van der Waals surface area contributed by atoms with Gasteiger partial charge in [-0.2, -0.15) is 0 Å². The number of carbonyl (C=O) groups is 2. The summed E-state index contributed by atoms with van der Waals surface area (Å²) in [5.74, 6) is -0.980. The minimum atomic E-state index is -4.69. The average Bonchev–Trinajstić information content (AvgIpc) is 3.70. The molecule has 0 aromatic heterocycles. The van der Waals surface area contributed by atoms with Gasteiger partial charge in [-0.3, -0.25) is 14.2 Å². The Balaban J connectivity index is 4.40. The first-order chi connectivity index (χ1) is 42.0. The lowest BCUT2D eigenvalue weighted by Crippen LogP contribution is -2.37. The summed E-state index contributed by atoms with van der Waals surface area (Å²) >= 11 is 0. The lowest BCUT2D eigenvalue weighted by atomic mass is 10.2. The largest absolute Gasteiger partial charge is 0.756 e. The molecule has 0 aliphatic carbocycles. The molecule has 2 atom stereocenters. The second kappa shape index (κ2) is 63.6. The van der Waals surface area contributed by atoms with Gasteiger partial charge < -0.3 is 27.9 Å². The van der Waals surface area contributed by atoms with Crippen LogP contribution in [0.5, 0.6) is 0 Å². The van der Waals surface area contributed by atoms with Crippen LogP contribution in [0.15, 0.2) is 231 Å². The molecule has 10 heteroatoms. The molecule has 0 radical (unpaired) electrons. The Kier molecular flexibility index (Phi) is 59.2. The minimum Gasteiger partial charge on any atom is -0.756 e. The van der Waals surface area contributed by atoms with Gasteiger partial charge in [-0.25, -0.2) is 0 Å². The number of hydrogen-bond acceptors (Lipinski definition) is 8. The van der Waals surface area contributed by atoms with Gasteiger partial charge in [-0.1, -0.05) is 245 Å². The minimum absolute atomic E-state index is 0.0636. The Bertz CT molecular complexity index is 2300. The summed E-state index contributed by atoms with van der Waals surface area (Å²) in [4.78, 5) is 37.9. The Morgan fingerprint density at radius 2 is 0.628 bits per heavy atom. The molecule has 2 unspecified atom stereocenters. The fourth-order valence-electron chi connectivity index (χ4n) is 7.33. The summed E-state index contributed by atoms with van der Waals surface area (Å²) in [7, 11) is 1.06. The number of likely N-dealkylation sites (N-methyl/N-ethyl adjacent to an activating group) is 1. The van der Waals surface area contributed by atoms with Crippen LogP contribution in [0, 0.1) is 0 Å². The van der Waals surface area contributed by atoms with Crippen LogP contribution in [0.2, 0.25) is 0 Å². The number of rotatable bonds is 55. The molecule has 0 N–H and O–H groups in total. The Morgan fingerprint density at radius 1 is 0.360 bits per heavy atom. The van der Waals surface area contributed by atoms with E-state index >= 15 is 0 Å². The molecule has 0 saturated heterocycles. The number of nitrogens with zero attached hydrogens (tertiary/aromatic N) is 1. The third-order valence-corrected chi connectivity index (χ3v) is 13.1. The average molecular weight is 1200 g/mol. The summed E-state index contributed by atoms with van der Waals surface area (Å²) in [5, 5.41) is 0. The van der Waals surface area contributed by atoms with Gasteiger partial charge in [0.2, 0.25) is 0 Å². The van der Waals surface area contributed by atoms with Crippen LogP contribution in [0.4, 0.5) is 0 Å². The highest BCUT2D eigenvalue weighted by Crippen LogP contribution is 2.38. The van der Waals surface area contributed by atoms with Crippen LogP contribution < -0.4 is 4.89 Å². The summed E-state index contributed by atoms with van der Waals surface area (Å²) in [6, 6.07) is 0. The highest BCUT2D eigenvalue weighted by Gasteiger charge is 2.21. The molecule has 0 fully saturated rings. The number of unbranched alkanes of at least 4 members (excludes halogenated alkanes) is 3. The molecule has 0 heterocycles. The lowest BCUT2D eigenvalue weighted by Gasteiger charge is -2.28. The Hall–Kier alpha value is -5.93. The summed E-state index contributed by atoms with van der Waals surface area (Å²) < 4.78 is 34.1. The number of allylic oxidation sites excluding steroid dienone is 38. The molecule has 0 saturated carbocycles. The first-order valence-corrected chi connectivity index (χ1v) is 33.6.